The summed E-state index contributed by atoms with van der Waals surface area (Å²) < 4.78 is 4.98. The minimum absolute atomic E-state index is 0.146. The Morgan fingerprint density at radius 2 is 1.53 bits per heavy atom. The summed E-state index contributed by atoms with van der Waals surface area (Å²) in [5, 5.41) is 27.4. The monoisotopic (exact) mass is 222 g/mol. The van der Waals surface area contributed by atoms with Gasteiger partial charge in [0.2, 0.25) is 5.79 Å². The molecule has 0 amide bonds. The van der Waals surface area contributed by atoms with Gasteiger partial charge in [0.25, 0.3) is 0 Å². The quantitative estimate of drug-likeness (QED) is 0.622. The highest BCUT2D eigenvalue weighted by Crippen LogP contribution is 2.32. The molecule has 4 unspecified atom stereocenters. The van der Waals surface area contributed by atoms with Crippen LogP contribution in [0.15, 0.2) is 0 Å². The molecule has 4 atom stereocenters. The first-order valence-corrected chi connectivity index (χ1v) is 5.70. The summed E-state index contributed by atoms with van der Waals surface area (Å²) in [5.74, 6) is -1.90. The lowest BCUT2D eigenvalue weighted by atomic mass is 9.98. The van der Waals surface area contributed by atoms with Crippen LogP contribution in [0.2, 0.25) is 0 Å². The number of rotatable bonds is 1. The van der Waals surface area contributed by atoms with Crippen LogP contribution in [0.4, 0.5) is 0 Å². The molecule has 1 aliphatic rings. The van der Waals surface area contributed by atoms with Gasteiger partial charge >= 0.3 is 0 Å². The third-order valence-corrected chi connectivity index (χ3v) is 2.32. The van der Waals surface area contributed by atoms with E-state index < -0.39 is 18.5 Å². The van der Waals surface area contributed by atoms with Gasteiger partial charge in [0.15, 0.2) is 0 Å². The Labute approximate surface area is 92.9 Å². The van der Waals surface area contributed by atoms with E-state index in [1.807, 2.05) is 27.7 Å². The molecular weight excluding hydrogens is 196 g/mol. The molecule has 0 aliphatic carbocycles. The Morgan fingerprint density at radius 3 is 1.67 bits per heavy atom. The summed E-state index contributed by atoms with van der Waals surface area (Å²) in [6, 6.07) is 0. The van der Waals surface area contributed by atoms with E-state index in [1.165, 1.54) is 0 Å². The van der Waals surface area contributed by atoms with Crippen molar-refractivity contribution in [3.05, 3.63) is 0 Å². The summed E-state index contributed by atoms with van der Waals surface area (Å²) in [5.41, 5.74) is 0. The predicted octanol–water partition coefficient (Wildman–Crippen LogP) is 1.14. The first-order chi connectivity index (χ1) is 7.01. The van der Waals surface area contributed by atoms with E-state index in [1.54, 1.807) is 13.8 Å². The van der Waals surface area contributed by atoms with Crippen molar-refractivity contribution in [2.75, 3.05) is 6.61 Å². The molecule has 0 aromatic carbocycles. The fourth-order valence-electron chi connectivity index (χ4n) is 1.30. The average Bonchev–Trinajstić information content (AvgIpc) is 2.49. The zero-order valence-corrected chi connectivity index (χ0v) is 10.7. The largest absolute Gasteiger partial charge is 0.391 e. The normalized spacial score (nSPS) is 38.6. The van der Waals surface area contributed by atoms with Gasteiger partial charge in [0.1, 0.15) is 6.10 Å². The number of ether oxygens (including phenoxy) is 1. The lowest BCUT2D eigenvalue weighted by Gasteiger charge is -2.23. The maximum absolute atomic E-state index is 9.39. The highest BCUT2D eigenvalue weighted by molar-refractivity contribution is 4.90. The summed E-state index contributed by atoms with van der Waals surface area (Å²) in [6.07, 6.45) is -1.22. The molecular formula is C11H26O4. The summed E-state index contributed by atoms with van der Waals surface area (Å²) in [4.78, 5) is 0. The Morgan fingerprint density at radius 1 is 1.13 bits per heavy atom. The van der Waals surface area contributed by atoms with Crippen LogP contribution in [0.25, 0.3) is 0 Å². The fraction of sp³-hybridized carbons (Fsp3) is 1.00. The van der Waals surface area contributed by atoms with Crippen molar-refractivity contribution in [2.45, 2.75) is 59.5 Å². The van der Waals surface area contributed by atoms with Gasteiger partial charge in [-0.3, -0.25) is 0 Å². The molecule has 3 N–H and O–H groups in total. The molecule has 4 heteroatoms. The Kier molecular flexibility index (Phi) is 9.25. The van der Waals surface area contributed by atoms with Gasteiger partial charge in [-0.1, -0.05) is 34.6 Å². The van der Waals surface area contributed by atoms with Crippen molar-refractivity contribution in [2.24, 2.45) is 5.92 Å². The van der Waals surface area contributed by atoms with Gasteiger partial charge in [-0.15, -0.1) is 0 Å². The first-order valence-electron chi connectivity index (χ1n) is 5.70. The van der Waals surface area contributed by atoms with Crippen molar-refractivity contribution < 1.29 is 20.1 Å². The van der Waals surface area contributed by atoms with Gasteiger partial charge in [-0.2, -0.15) is 0 Å². The van der Waals surface area contributed by atoms with Crippen LogP contribution in [0.5, 0.6) is 0 Å². The van der Waals surface area contributed by atoms with Crippen molar-refractivity contribution in [1.82, 2.24) is 0 Å². The molecule has 0 aromatic heterocycles. The van der Waals surface area contributed by atoms with Crippen molar-refractivity contribution >= 4 is 0 Å². The lowest BCUT2D eigenvalue weighted by molar-refractivity contribution is -0.243. The zero-order valence-electron chi connectivity index (χ0n) is 10.7. The van der Waals surface area contributed by atoms with E-state index in [2.05, 4.69) is 0 Å². The molecule has 15 heavy (non-hydrogen) atoms. The van der Waals surface area contributed by atoms with E-state index in [0.29, 0.717) is 0 Å². The van der Waals surface area contributed by atoms with E-state index >= 15 is 0 Å². The highest BCUT2D eigenvalue weighted by Gasteiger charge is 2.49. The van der Waals surface area contributed by atoms with Gasteiger partial charge < -0.3 is 20.1 Å². The maximum Gasteiger partial charge on any atom is 0.216 e. The summed E-state index contributed by atoms with van der Waals surface area (Å²) >= 11 is 0. The van der Waals surface area contributed by atoms with Crippen LogP contribution < -0.4 is 0 Å². The van der Waals surface area contributed by atoms with E-state index in [9.17, 15) is 10.2 Å². The fourth-order valence-corrected chi connectivity index (χ4v) is 1.30. The number of hydrogen-bond acceptors (Lipinski definition) is 4. The third kappa shape index (κ3) is 4.07. The van der Waals surface area contributed by atoms with Crippen LogP contribution in [0.1, 0.15) is 41.5 Å². The smallest absolute Gasteiger partial charge is 0.216 e. The second kappa shape index (κ2) is 8.05. The van der Waals surface area contributed by atoms with E-state index in [4.69, 9.17) is 9.84 Å². The van der Waals surface area contributed by atoms with Crippen molar-refractivity contribution in [3.8, 4) is 0 Å². The second-order valence-corrected chi connectivity index (χ2v) is 3.13. The molecule has 0 spiro atoms. The van der Waals surface area contributed by atoms with Crippen LogP contribution >= 0.6 is 0 Å². The molecule has 0 aromatic rings. The van der Waals surface area contributed by atoms with Crippen LogP contribution in [-0.4, -0.2) is 39.9 Å². The van der Waals surface area contributed by atoms with E-state index in [-0.39, 0.29) is 12.0 Å². The number of hydrogen-bond donors (Lipinski definition) is 3. The average molecular weight is 222 g/mol. The SMILES string of the molecule is CC.CC.CC1OC(O)(CO)C(O)C1C. The lowest BCUT2D eigenvalue weighted by Crippen LogP contribution is -2.44. The van der Waals surface area contributed by atoms with Crippen LogP contribution in [0, 0.1) is 5.92 Å². The van der Waals surface area contributed by atoms with Gasteiger partial charge in [-0.25, -0.2) is 0 Å². The summed E-state index contributed by atoms with van der Waals surface area (Å²) in [6.45, 7) is 11.0. The summed E-state index contributed by atoms with van der Waals surface area (Å²) in [7, 11) is 0. The van der Waals surface area contributed by atoms with E-state index in [0.717, 1.165) is 0 Å². The number of aliphatic hydroxyl groups excluding tert-OH is 2. The minimum atomic E-state index is -1.75. The molecule has 1 aliphatic heterocycles. The Hall–Kier alpha value is -0.160. The van der Waals surface area contributed by atoms with Gasteiger partial charge in [-0.05, 0) is 6.92 Å². The Bertz CT molecular complexity index is 152. The van der Waals surface area contributed by atoms with Crippen molar-refractivity contribution in [1.29, 1.82) is 0 Å². The van der Waals surface area contributed by atoms with Crippen LogP contribution in [-0.2, 0) is 4.74 Å². The molecule has 0 radical (unpaired) electrons. The number of aliphatic hydroxyl groups is 3. The van der Waals surface area contributed by atoms with Gasteiger partial charge in [0, 0.05) is 5.92 Å². The Balaban J connectivity index is 0. The standard InChI is InChI=1S/C7H14O4.2C2H6/c1-4-5(2)11-7(10,3-8)6(4)9;2*1-2/h4-6,8-10H,3H2,1-2H3;2*1-2H3. The predicted molar refractivity (Wildman–Crippen MR) is 60.4 cm³/mol. The second-order valence-electron chi connectivity index (χ2n) is 3.13. The topological polar surface area (TPSA) is 69.9 Å². The van der Waals surface area contributed by atoms with Crippen molar-refractivity contribution in [3.63, 3.8) is 0 Å². The molecule has 94 valence electrons. The molecule has 1 saturated heterocycles. The first kappa shape index (κ1) is 17.2. The highest BCUT2D eigenvalue weighted by atomic mass is 16.7. The molecule has 0 bridgehead atoms. The van der Waals surface area contributed by atoms with Crippen LogP contribution in [0.3, 0.4) is 0 Å². The minimum Gasteiger partial charge on any atom is -0.391 e. The van der Waals surface area contributed by atoms with Gasteiger partial charge in [0.05, 0.1) is 12.7 Å². The maximum atomic E-state index is 9.39. The molecule has 1 fully saturated rings. The molecule has 1 rings (SSSR count). The zero-order chi connectivity index (χ0) is 12.6. The molecule has 1 heterocycles. The third-order valence-electron chi connectivity index (χ3n) is 2.32. The molecule has 0 saturated carbocycles. The molecule has 4 nitrogen and oxygen atoms in total.